The second-order valence-electron chi connectivity index (χ2n) is 6.50. The van der Waals surface area contributed by atoms with E-state index in [1.165, 1.54) is 13.3 Å². The third-order valence-corrected chi connectivity index (χ3v) is 5.14. The van der Waals surface area contributed by atoms with Crippen molar-refractivity contribution in [2.75, 3.05) is 7.11 Å². The fraction of sp³-hybridized carbons (Fsp3) is 0.130. The maximum absolute atomic E-state index is 12.1. The lowest BCUT2D eigenvalue weighted by Gasteiger charge is -2.13. The first-order valence-electron chi connectivity index (χ1n) is 9.28. The van der Waals surface area contributed by atoms with Gasteiger partial charge in [0.05, 0.1) is 17.8 Å². The first-order valence-corrected chi connectivity index (χ1v) is 10.5. The number of rotatable bonds is 8. The molecule has 0 fully saturated rings. The molecule has 1 atom stereocenters. The zero-order chi connectivity index (χ0) is 22.2. The van der Waals surface area contributed by atoms with Crippen LogP contribution < -0.4 is 14.9 Å². The van der Waals surface area contributed by atoms with Crippen LogP contribution in [-0.4, -0.2) is 24.3 Å². The SMILES string of the molecule is COc1cc(/C=N\NC(=O)[C@@H](O)c2ccccc2)cc(Br)c1OCc1ccc(Cl)cc1. The molecule has 3 aromatic rings. The number of halogens is 2. The fourth-order valence-electron chi connectivity index (χ4n) is 2.71. The van der Waals surface area contributed by atoms with Crippen LogP contribution in [0.15, 0.2) is 76.3 Å². The van der Waals surface area contributed by atoms with Crippen molar-refractivity contribution in [3.8, 4) is 11.5 Å². The predicted octanol–water partition coefficient (Wildman–Crippen LogP) is 4.87. The Morgan fingerprint density at radius 2 is 1.90 bits per heavy atom. The van der Waals surface area contributed by atoms with Crippen LogP contribution in [0.25, 0.3) is 0 Å². The van der Waals surface area contributed by atoms with Crippen molar-refractivity contribution < 1.29 is 19.4 Å². The summed E-state index contributed by atoms with van der Waals surface area (Å²) in [6.45, 7) is 0.340. The molecule has 0 spiro atoms. The summed E-state index contributed by atoms with van der Waals surface area (Å²) in [4.78, 5) is 12.1. The summed E-state index contributed by atoms with van der Waals surface area (Å²) in [6, 6.07) is 19.5. The lowest BCUT2D eigenvalue weighted by Crippen LogP contribution is -2.25. The third-order valence-electron chi connectivity index (χ3n) is 4.30. The molecule has 0 saturated carbocycles. The minimum Gasteiger partial charge on any atom is -0.493 e. The van der Waals surface area contributed by atoms with Crippen LogP contribution in [0.2, 0.25) is 5.02 Å². The number of ether oxygens (including phenoxy) is 2. The van der Waals surface area contributed by atoms with Gasteiger partial charge in [-0.3, -0.25) is 4.79 Å². The number of carbonyl (C=O) groups excluding carboxylic acids is 1. The molecule has 0 bridgehead atoms. The monoisotopic (exact) mass is 502 g/mol. The van der Waals surface area contributed by atoms with Gasteiger partial charge in [-0.1, -0.05) is 54.1 Å². The smallest absolute Gasteiger partial charge is 0.273 e. The molecule has 3 rings (SSSR count). The number of aliphatic hydroxyl groups excluding tert-OH is 1. The van der Waals surface area contributed by atoms with Gasteiger partial charge >= 0.3 is 0 Å². The second-order valence-corrected chi connectivity index (χ2v) is 7.79. The van der Waals surface area contributed by atoms with Gasteiger partial charge in [0.15, 0.2) is 17.6 Å². The van der Waals surface area contributed by atoms with E-state index >= 15 is 0 Å². The van der Waals surface area contributed by atoms with E-state index in [2.05, 4.69) is 26.5 Å². The topological polar surface area (TPSA) is 80.2 Å². The van der Waals surface area contributed by atoms with Crippen LogP contribution in [0.5, 0.6) is 11.5 Å². The molecule has 0 aliphatic carbocycles. The van der Waals surface area contributed by atoms with E-state index in [0.717, 1.165) is 5.56 Å². The van der Waals surface area contributed by atoms with Crippen LogP contribution in [0.3, 0.4) is 0 Å². The lowest BCUT2D eigenvalue weighted by molar-refractivity contribution is -0.129. The summed E-state index contributed by atoms with van der Waals surface area (Å²) >= 11 is 9.39. The van der Waals surface area contributed by atoms with Crippen LogP contribution >= 0.6 is 27.5 Å². The van der Waals surface area contributed by atoms with Crippen LogP contribution in [0.4, 0.5) is 0 Å². The molecule has 0 saturated heterocycles. The maximum Gasteiger partial charge on any atom is 0.273 e. The second kappa shape index (κ2) is 10.9. The third kappa shape index (κ3) is 6.30. The summed E-state index contributed by atoms with van der Waals surface area (Å²) in [6.07, 6.45) is 0.148. The zero-order valence-corrected chi connectivity index (χ0v) is 18.9. The van der Waals surface area contributed by atoms with Crippen molar-refractivity contribution in [3.05, 3.63) is 92.9 Å². The number of aliphatic hydroxyl groups is 1. The van der Waals surface area contributed by atoms with E-state index in [-0.39, 0.29) is 0 Å². The molecule has 1 amide bonds. The Kier molecular flexibility index (Phi) is 8.06. The number of amides is 1. The Morgan fingerprint density at radius 1 is 1.19 bits per heavy atom. The number of hydrogen-bond donors (Lipinski definition) is 2. The van der Waals surface area contributed by atoms with E-state index in [4.69, 9.17) is 21.1 Å². The molecule has 160 valence electrons. The number of hydrogen-bond acceptors (Lipinski definition) is 5. The number of nitrogens with one attached hydrogen (secondary N) is 1. The van der Waals surface area contributed by atoms with Crippen molar-refractivity contribution in [3.63, 3.8) is 0 Å². The largest absolute Gasteiger partial charge is 0.493 e. The normalized spacial score (nSPS) is 11.9. The van der Waals surface area contributed by atoms with E-state index in [9.17, 15) is 9.90 Å². The Morgan fingerprint density at radius 3 is 2.58 bits per heavy atom. The molecule has 2 N–H and O–H groups in total. The minimum absolute atomic E-state index is 0.340. The molecule has 0 aliphatic rings. The molecule has 8 heteroatoms. The first kappa shape index (κ1) is 22.8. The molecular formula is C23H20BrClN2O4. The van der Waals surface area contributed by atoms with Gasteiger partial charge in [0.2, 0.25) is 0 Å². The molecule has 0 aromatic heterocycles. The summed E-state index contributed by atoms with van der Waals surface area (Å²) < 4.78 is 12.0. The van der Waals surface area contributed by atoms with Crippen LogP contribution in [-0.2, 0) is 11.4 Å². The van der Waals surface area contributed by atoms with Gasteiger partial charge in [0.1, 0.15) is 6.61 Å². The number of hydrazone groups is 1. The van der Waals surface area contributed by atoms with Gasteiger partial charge in [-0.15, -0.1) is 0 Å². The Hall–Kier alpha value is -2.87. The van der Waals surface area contributed by atoms with Gasteiger partial charge in [-0.05, 0) is 56.9 Å². The highest BCUT2D eigenvalue weighted by atomic mass is 79.9. The van der Waals surface area contributed by atoms with E-state index in [0.29, 0.717) is 38.7 Å². The Labute approximate surface area is 193 Å². The molecular weight excluding hydrogens is 484 g/mol. The van der Waals surface area contributed by atoms with E-state index < -0.39 is 12.0 Å². The highest BCUT2D eigenvalue weighted by molar-refractivity contribution is 9.10. The quantitative estimate of drug-likeness (QED) is 0.339. The van der Waals surface area contributed by atoms with Gasteiger partial charge in [0, 0.05) is 5.02 Å². The van der Waals surface area contributed by atoms with Gasteiger partial charge in [-0.2, -0.15) is 5.10 Å². The molecule has 3 aromatic carbocycles. The van der Waals surface area contributed by atoms with Crippen molar-refractivity contribution in [2.24, 2.45) is 5.10 Å². The van der Waals surface area contributed by atoms with Crippen LogP contribution in [0.1, 0.15) is 22.8 Å². The summed E-state index contributed by atoms with van der Waals surface area (Å²) in [5, 5.41) is 14.7. The van der Waals surface area contributed by atoms with Crippen molar-refractivity contribution >= 4 is 39.7 Å². The molecule has 0 heterocycles. The fourth-order valence-corrected chi connectivity index (χ4v) is 3.41. The molecule has 31 heavy (non-hydrogen) atoms. The molecule has 0 aliphatic heterocycles. The van der Waals surface area contributed by atoms with Gasteiger partial charge in [-0.25, -0.2) is 5.43 Å². The van der Waals surface area contributed by atoms with Gasteiger partial charge in [0.25, 0.3) is 5.91 Å². The summed E-state index contributed by atoms with van der Waals surface area (Å²) in [7, 11) is 1.54. The average molecular weight is 504 g/mol. The van der Waals surface area contributed by atoms with Crippen molar-refractivity contribution in [2.45, 2.75) is 12.7 Å². The number of carbonyl (C=O) groups is 1. The van der Waals surface area contributed by atoms with Gasteiger partial charge < -0.3 is 14.6 Å². The number of methoxy groups -OCH3 is 1. The zero-order valence-electron chi connectivity index (χ0n) is 16.6. The van der Waals surface area contributed by atoms with Crippen molar-refractivity contribution in [1.82, 2.24) is 5.43 Å². The maximum atomic E-state index is 12.1. The van der Waals surface area contributed by atoms with Crippen molar-refractivity contribution in [1.29, 1.82) is 0 Å². The van der Waals surface area contributed by atoms with Crippen LogP contribution in [0, 0.1) is 0 Å². The highest BCUT2D eigenvalue weighted by Gasteiger charge is 2.16. The molecule has 6 nitrogen and oxygen atoms in total. The predicted molar refractivity (Wildman–Crippen MR) is 124 cm³/mol. The highest BCUT2D eigenvalue weighted by Crippen LogP contribution is 2.37. The number of nitrogens with zero attached hydrogens (tertiary/aromatic N) is 1. The molecule has 0 unspecified atom stereocenters. The van der Waals surface area contributed by atoms with E-state index in [1.807, 2.05) is 12.1 Å². The molecule has 0 radical (unpaired) electrons. The number of benzene rings is 3. The standard InChI is InChI=1S/C23H20BrClN2O4/c1-30-20-12-16(13-26-27-23(29)21(28)17-5-3-2-4-6-17)11-19(24)22(20)31-14-15-7-9-18(25)10-8-15/h2-13,21,28H,14H2,1H3,(H,27,29)/b26-13-/t21-/m0/s1. The first-order chi connectivity index (χ1) is 15.0. The Bertz CT molecular complexity index is 1060. The summed E-state index contributed by atoms with van der Waals surface area (Å²) in [5.74, 6) is 0.412. The Balaban J connectivity index is 1.66. The average Bonchev–Trinajstić information content (AvgIpc) is 2.79. The van der Waals surface area contributed by atoms with E-state index in [1.54, 1.807) is 54.6 Å². The minimum atomic E-state index is -1.30. The lowest BCUT2D eigenvalue weighted by atomic mass is 10.1. The summed E-state index contributed by atoms with van der Waals surface area (Å²) in [5.41, 5.74) is 4.45.